The van der Waals surface area contributed by atoms with Gasteiger partial charge in [0.1, 0.15) is 0 Å². The summed E-state index contributed by atoms with van der Waals surface area (Å²) in [5.41, 5.74) is 0. The van der Waals surface area contributed by atoms with E-state index >= 15 is 0 Å². The largest absolute Gasteiger partial charge is 0.504 e. The summed E-state index contributed by atoms with van der Waals surface area (Å²) in [5, 5.41) is 26.1. The van der Waals surface area contributed by atoms with Crippen molar-refractivity contribution in [2.45, 2.75) is 0 Å². The molecule has 0 spiro atoms. The Morgan fingerprint density at radius 1 is 0.929 bits per heavy atom. The molecular weight excluding hydrogens is 215 g/mol. The molecule has 0 aromatic heterocycles. The highest BCUT2D eigenvalue weighted by molar-refractivity contribution is 7.45. The molecule has 1 aromatic rings. The van der Waals surface area contributed by atoms with Crippen molar-refractivity contribution < 1.29 is 34.6 Å². The zero-order valence-electron chi connectivity index (χ0n) is 6.77. The summed E-state index contributed by atoms with van der Waals surface area (Å²) in [6.45, 7) is 0. The molecule has 1 aromatic carbocycles. The Bertz CT molecular complexity index is 316. The lowest BCUT2D eigenvalue weighted by molar-refractivity contribution is 0.275. The van der Waals surface area contributed by atoms with Gasteiger partial charge in [-0.25, -0.2) is 4.57 Å². The summed E-state index contributed by atoms with van der Waals surface area (Å²) < 4.78 is 8.88. The van der Waals surface area contributed by atoms with Crippen molar-refractivity contribution >= 4 is 7.82 Å². The van der Waals surface area contributed by atoms with Crippen LogP contribution in [0.15, 0.2) is 18.2 Å². The van der Waals surface area contributed by atoms with Crippen molar-refractivity contribution in [2.24, 2.45) is 0 Å². The molecule has 0 atom stereocenters. The van der Waals surface area contributed by atoms with Gasteiger partial charge in [-0.05, 0) is 12.1 Å². The van der Waals surface area contributed by atoms with Crippen LogP contribution in [-0.4, -0.2) is 30.0 Å². The predicted molar refractivity (Wildman–Crippen MR) is 45.7 cm³/mol. The number of para-hydroxylation sites is 1. The van der Waals surface area contributed by atoms with Crippen molar-refractivity contribution in [1.29, 1.82) is 0 Å². The molecule has 0 aliphatic rings. The summed E-state index contributed by atoms with van der Waals surface area (Å²) in [7, 11) is -4.64. The molecule has 1 rings (SSSR count). The maximum Gasteiger partial charge on any atom is 0.466 e. The number of phenols is 3. The first-order chi connectivity index (χ1) is 6.22. The molecule has 0 bridgehead atoms. The number of rotatable bonds is 0. The average molecular weight is 224 g/mol. The van der Waals surface area contributed by atoms with Crippen LogP contribution >= 0.6 is 7.82 Å². The van der Waals surface area contributed by atoms with Crippen LogP contribution in [0.5, 0.6) is 17.2 Å². The van der Waals surface area contributed by atoms with E-state index in [4.69, 9.17) is 34.6 Å². The fourth-order valence-electron chi connectivity index (χ4n) is 0.519. The molecule has 0 saturated heterocycles. The van der Waals surface area contributed by atoms with E-state index in [0.29, 0.717) is 0 Å². The van der Waals surface area contributed by atoms with Crippen LogP contribution in [0.25, 0.3) is 0 Å². The van der Waals surface area contributed by atoms with Crippen molar-refractivity contribution in [3.63, 3.8) is 0 Å². The molecule has 0 heterocycles. The average Bonchev–Trinajstić information content (AvgIpc) is 1.97. The maximum atomic E-state index is 8.88. The van der Waals surface area contributed by atoms with Gasteiger partial charge in [-0.15, -0.1) is 0 Å². The molecule has 0 amide bonds. The topological polar surface area (TPSA) is 138 Å². The normalized spacial score (nSPS) is 10.2. The number of aromatic hydroxyl groups is 3. The number of phenolic OH excluding ortho intramolecular Hbond substituents is 3. The highest BCUT2D eigenvalue weighted by atomic mass is 31.2. The fraction of sp³-hybridized carbons (Fsp3) is 0. The maximum absolute atomic E-state index is 8.88. The second-order valence-electron chi connectivity index (χ2n) is 2.16. The van der Waals surface area contributed by atoms with Gasteiger partial charge in [0.25, 0.3) is 0 Å². The first-order valence-electron chi connectivity index (χ1n) is 3.20. The summed E-state index contributed by atoms with van der Waals surface area (Å²) in [6, 6.07) is 4.01. The van der Waals surface area contributed by atoms with E-state index in [-0.39, 0.29) is 11.5 Å². The Morgan fingerprint density at radius 3 is 1.43 bits per heavy atom. The number of benzene rings is 1. The van der Waals surface area contributed by atoms with Crippen LogP contribution in [0.1, 0.15) is 0 Å². The van der Waals surface area contributed by atoms with Gasteiger partial charge in [0.15, 0.2) is 17.2 Å². The second kappa shape index (κ2) is 4.83. The summed E-state index contributed by atoms with van der Waals surface area (Å²) in [6.07, 6.45) is 0. The third kappa shape index (κ3) is 6.27. The van der Waals surface area contributed by atoms with E-state index in [2.05, 4.69) is 0 Å². The molecule has 80 valence electrons. The Balaban J connectivity index is 0.000000292. The summed E-state index contributed by atoms with van der Waals surface area (Å²) in [5.74, 6) is -1.09. The Kier molecular flexibility index (Phi) is 4.39. The fourth-order valence-corrected chi connectivity index (χ4v) is 0.519. The van der Waals surface area contributed by atoms with Crippen LogP contribution in [0.3, 0.4) is 0 Å². The minimum atomic E-state index is -4.64. The number of hydrogen-bond donors (Lipinski definition) is 6. The molecular formula is C6H9O7P. The van der Waals surface area contributed by atoms with E-state index in [1.54, 1.807) is 0 Å². The molecule has 0 aliphatic carbocycles. The van der Waals surface area contributed by atoms with Gasteiger partial charge in [0.2, 0.25) is 0 Å². The quantitative estimate of drug-likeness (QED) is 0.266. The Labute approximate surface area is 78.8 Å². The third-order valence-corrected chi connectivity index (χ3v) is 0.993. The van der Waals surface area contributed by atoms with Crippen LogP contribution in [-0.2, 0) is 4.57 Å². The third-order valence-electron chi connectivity index (χ3n) is 0.993. The van der Waals surface area contributed by atoms with Gasteiger partial charge < -0.3 is 30.0 Å². The standard InChI is InChI=1S/C6H6O3.H3O4P/c7-4-2-1-3-5(8)6(4)9;1-5(2,3)4/h1-3,7-9H;(H3,1,2,3,4). The first kappa shape index (κ1) is 12.7. The zero-order valence-corrected chi connectivity index (χ0v) is 7.67. The second-order valence-corrected chi connectivity index (χ2v) is 3.18. The van der Waals surface area contributed by atoms with Gasteiger partial charge in [-0.1, -0.05) is 6.07 Å². The van der Waals surface area contributed by atoms with Crippen molar-refractivity contribution in [3.8, 4) is 17.2 Å². The molecule has 0 radical (unpaired) electrons. The lowest BCUT2D eigenvalue weighted by Crippen LogP contribution is -1.67. The van der Waals surface area contributed by atoms with Crippen LogP contribution in [0.2, 0.25) is 0 Å². The Hall–Kier alpha value is -1.27. The molecule has 0 saturated carbocycles. The Morgan fingerprint density at radius 2 is 1.21 bits per heavy atom. The zero-order chi connectivity index (χ0) is 11.4. The van der Waals surface area contributed by atoms with Gasteiger partial charge in [-0.3, -0.25) is 0 Å². The molecule has 0 unspecified atom stereocenters. The van der Waals surface area contributed by atoms with Gasteiger partial charge in [-0.2, -0.15) is 0 Å². The van der Waals surface area contributed by atoms with Crippen LogP contribution in [0.4, 0.5) is 0 Å². The van der Waals surface area contributed by atoms with E-state index in [1.807, 2.05) is 0 Å². The van der Waals surface area contributed by atoms with E-state index in [1.165, 1.54) is 18.2 Å². The summed E-state index contributed by atoms with van der Waals surface area (Å²) in [4.78, 5) is 21.6. The van der Waals surface area contributed by atoms with Crippen molar-refractivity contribution in [3.05, 3.63) is 18.2 Å². The number of phosphoric acid groups is 1. The predicted octanol–water partition coefficient (Wildman–Crippen LogP) is -0.125. The minimum absolute atomic E-state index is 0.310. The van der Waals surface area contributed by atoms with Gasteiger partial charge >= 0.3 is 7.82 Å². The molecule has 6 N–H and O–H groups in total. The summed E-state index contributed by atoms with van der Waals surface area (Å²) >= 11 is 0. The van der Waals surface area contributed by atoms with Crippen LogP contribution in [0, 0.1) is 0 Å². The van der Waals surface area contributed by atoms with Crippen molar-refractivity contribution in [1.82, 2.24) is 0 Å². The molecule has 0 fully saturated rings. The molecule has 14 heavy (non-hydrogen) atoms. The highest BCUT2D eigenvalue weighted by Gasteiger charge is 2.01. The van der Waals surface area contributed by atoms with Gasteiger partial charge in [0.05, 0.1) is 0 Å². The highest BCUT2D eigenvalue weighted by Crippen LogP contribution is 2.32. The minimum Gasteiger partial charge on any atom is -0.504 e. The van der Waals surface area contributed by atoms with E-state index in [0.717, 1.165) is 0 Å². The van der Waals surface area contributed by atoms with Crippen molar-refractivity contribution in [2.75, 3.05) is 0 Å². The SMILES string of the molecule is O=P(O)(O)O.Oc1cccc(O)c1O. The molecule has 8 heteroatoms. The van der Waals surface area contributed by atoms with Crippen LogP contribution < -0.4 is 0 Å². The lowest BCUT2D eigenvalue weighted by Gasteiger charge is -1.96. The van der Waals surface area contributed by atoms with E-state index in [9.17, 15) is 0 Å². The monoisotopic (exact) mass is 224 g/mol. The lowest BCUT2D eigenvalue weighted by atomic mass is 10.3. The number of hydrogen-bond acceptors (Lipinski definition) is 4. The first-order valence-corrected chi connectivity index (χ1v) is 4.76. The molecule has 0 aliphatic heterocycles. The smallest absolute Gasteiger partial charge is 0.466 e. The van der Waals surface area contributed by atoms with Gasteiger partial charge in [0, 0.05) is 0 Å². The molecule has 7 nitrogen and oxygen atoms in total. The van der Waals surface area contributed by atoms with E-state index < -0.39 is 13.6 Å².